The molecular formula is C30H20N2O. The van der Waals surface area contributed by atoms with E-state index in [1.165, 1.54) is 21.8 Å². The van der Waals surface area contributed by atoms with Crippen LogP contribution < -0.4 is 5.73 Å². The third kappa shape index (κ3) is 2.69. The van der Waals surface area contributed by atoms with E-state index in [9.17, 15) is 0 Å². The molecular weight excluding hydrogens is 404 g/mol. The minimum absolute atomic E-state index is 0.740. The predicted octanol–water partition coefficient (Wildman–Crippen LogP) is 7.93. The molecule has 0 atom stereocenters. The Bertz CT molecular complexity index is 1780. The van der Waals surface area contributed by atoms with Crippen LogP contribution in [0, 0.1) is 0 Å². The Morgan fingerprint density at radius 2 is 1.15 bits per heavy atom. The van der Waals surface area contributed by atoms with E-state index in [4.69, 9.17) is 10.2 Å². The van der Waals surface area contributed by atoms with Crippen molar-refractivity contribution in [3.05, 3.63) is 109 Å². The lowest BCUT2D eigenvalue weighted by Crippen LogP contribution is -1.94. The smallest absolute Gasteiger partial charge is 0.135 e. The summed E-state index contributed by atoms with van der Waals surface area (Å²) in [5.41, 5.74) is 14.4. The van der Waals surface area contributed by atoms with Crippen molar-refractivity contribution >= 4 is 49.4 Å². The molecule has 0 spiro atoms. The normalized spacial score (nSPS) is 11.8. The van der Waals surface area contributed by atoms with Crippen molar-refractivity contribution in [1.29, 1.82) is 0 Å². The number of furan rings is 1. The molecule has 0 unspecified atom stereocenters. The zero-order valence-corrected chi connectivity index (χ0v) is 17.8. The highest BCUT2D eigenvalue weighted by Crippen LogP contribution is 2.36. The predicted molar refractivity (Wildman–Crippen MR) is 138 cm³/mol. The summed E-state index contributed by atoms with van der Waals surface area (Å²) >= 11 is 0. The van der Waals surface area contributed by atoms with Crippen molar-refractivity contribution in [3.8, 4) is 16.8 Å². The van der Waals surface area contributed by atoms with Crippen molar-refractivity contribution in [3.63, 3.8) is 0 Å². The molecule has 0 bridgehead atoms. The maximum atomic E-state index is 6.04. The Morgan fingerprint density at radius 1 is 0.515 bits per heavy atom. The average molecular weight is 425 g/mol. The summed E-state index contributed by atoms with van der Waals surface area (Å²) in [7, 11) is 0. The van der Waals surface area contributed by atoms with Crippen LogP contribution in [-0.4, -0.2) is 4.57 Å². The van der Waals surface area contributed by atoms with Gasteiger partial charge in [-0.15, -0.1) is 0 Å². The van der Waals surface area contributed by atoms with E-state index in [-0.39, 0.29) is 0 Å². The van der Waals surface area contributed by atoms with E-state index in [2.05, 4.69) is 89.5 Å². The van der Waals surface area contributed by atoms with Crippen molar-refractivity contribution in [2.45, 2.75) is 0 Å². The molecule has 33 heavy (non-hydrogen) atoms. The van der Waals surface area contributed by atoms with E-state index in [0.717, 1.165) is 44.4 Å². The Morgan fingerprint density at radius 3 is 1.91 bits per heavy atom. The molecule has 0 amide bonds. The monoisotopic (exact) mass is 424 g/mol. The van der Waals surface area contributed by atoms with E-state index >= 15 is 0 Å². The fraction of sp³-hybridized carbons (Fsp3) is 0. The van der Waals surface area contributed by atoms with Gasteiger partial charge in [0, 0.05) is 32.9 Å². The first-order valence-electron chi connectivity index (χ1n) is 11.1. The number of hydrogen-bond acceptors (Lipinski definition) is 2. The first-order chi connectivity index (χ1) is 16.3. The second-order valence-corrected chi connectivity index (χ2v) is 8.49. The summed E-state index contributed by atoms with van der Waals surface area (Å²) in [5.74, 6) is 0. The third-order valence-electron chi connectivity index (χ3n) is 6.51. The number of fused-ring (bicyclic) bond motifs is 6. The summed E-state index contributed by atoms with van der Waals surface area (Å²) in [6, 6.07) is 38.1. The fourth-order valence-electron chi connectivity index (χ4n) is 5.00. The Balaban J connectivity index is 1.45. The SMILES string of the molecule is Nc1ccc2oc3ccc(-c4cccc(-n5c6ccccc6c6ccccc65)c4)cc3c2c1. The molecule has 0 saturated carbocycles. The fourth-order valence-corrected chi connectivity index (χ4v) is 5.00. The lowest BCUT2D eigenvalue weighted by Gasteiger charge is -2.10. The van der Waals surface area contributed by atoms with Gasteiger partial charge in [-0.2, -0.15) is 0 Å². The summed E-state index contributed by atoms with van der Waals surface area (Å²) in [6.45, 7) is 0. The highest BCUT2D eigenvalue weighted by Gasteiger charge is 2.13. The highest BCUT2D eigenvalue weighted by molar-refractivity contribution is 6.09. The Labute approximate surface area is 190 Å². The van der Waals surface area contributed by atoms with Crippen molar-refractivity contribution in [2.24, 2.45) is 0 Å². The molecule has 3 nitrogen and oxygen atoms in total. The van der Waals surface area contributed by atoms with Gasteiger partial charge in [0.05, 0.1) is 11.0 Å². The van der Waals surface area contributed by atoms with Crippen molar-refractivity contribution < 1.29 is 4.42 Å². The molecule has 2 N–H and O–H groups in total. The molecule has 0 aliphatic heterocycles. The number of aromatic nitrogens is 1. The minimum atomic E-state index is 0.740. The Kier molecular flexibility index (Phi) is 3.70. The van der Waals surface area contributed by atoms with Gasteiger partial charge in [-0.05, 0) is 65.7 Å². The first kappa shape index (κ1) is 18.1. The molecule has 7 aromatic rings. The van der Waals surface area contributed by atoms with Crippen LogP contribution in [-0.2, 0) is 0 Å². The van der Waals surface area contributed by atoms with E-state index in [1.807, 2.05) is 24.3 Å². The van der Waals surface area contributed by atoms with Crippen LogP contribution >= 0.6 is 0 Å². The zero-order chi connectivity index (χ0) is 21.9. The molecule has 156 valence electrons. The molecule has 7 rings (SSSR count). The second kappa shape index (κ2) is 6.75. The van der Waals surface area contributed by atoms with Gasteiger partial charge in [0.15, 0.2) is 0 Å². The Hall–Kier alpha value is -4.50. The molecule has 3 heteroatoms. The van der Waals surface area contributed by atoms with Gasteiger partial charge in [-0.3, -0.25) is 0 Å². The van der Waals surface area contributed by atoms with Gasteiger partial charge in [0.1, 0.15) is 11.2 Å². The molecule has 0 saturated heterocycles. The topological polar surface area (TPSA) is 44.1 Å². The number of nitrogens with zero attached hydrogens (tertiary/aromatic N) is 1. The van der Waals surface area contributed by atoms with Crippen molar-refractivity contribution in [1.82, 2.24) is 4.57 Å². The zero-order valence-electron chi connectivity index (χ0n) is 17.8. The first-order valence-corrected chi connectivity index (χ1v) is 11.1. The summed E-state index contributed by atoms with van der Waals surface area (Å²) < 4.78 is 8.37. The van der Waals surface area contributed by atoms with Gasteiger partial charge in [0.25, 0.3) is 0 Å². The standard InChI is InChI=1S/C30H20N2O/c31-21-13-15-30-26(18-21)25-17-20(12-14-29(25)33-30)19-6-5-7-22(16-19)32-27-10-3-1-8-23(27)24-9-2-4-11-28(24)32/h1-18H,31H2. The molecule has 0 fully saturated rings. The van der Waals surface area contributed by atoms with Gasteiger partial charge in [-0.25, -0.2) is 0 Å². The number of para-hydroxylation sites is 2. The van der Waals surface area contributed by atoms with Crippen molar-refractivity contribution in [2.75, 3.05) is 5.73 Å². The summed E-state index contributed by atoms with van der Waals surface area (Å²) in [5, 5.41) is 4.66. The number of nitrogen functional groups attached to an aromatic ring is 1. The lowest BCUT2D eigenvalue weighted by atomic mass is 10.0. The highest BCUT2D eigenvalue weighted by atomic mass is 16.3. The summed E-state index contributed by atoms with van der Waals surface area (Å²) in [4.78, 5) is 0. The van der Waals surface area contributed by atoms with Crippen LogP contribution in [0.25, 0.3) is 60.6 Å². The van der Waals surface area contributed by atoms with Crippen LogP contribution in [0.5, 0.6) is 0 Å². The quantitative estimate of drug-likeness (QED) is 0.286. The second-order valence-electron chi connectivity index (χ2n) is 8.49. The van der Waals surface area contributed by atoms with Crippen LogP contribution in [0.2, 0.25) is 0 Å². The van der Waals surface area contributed by atoms with E-state index in [1.54, 1.807) is 0 Å². The largest absolute Gasteiger partial charge is 0.456 e. The van der Waals surface area contributed by atoms with E-state index < -0.39 is 0 Å². The van der Waals surface area contributed by atoms with Gasteiger partial charge >= 0.3 is 0 Å². The molecule has 0 aliphatic carbocycles. The van der Waals surface area contributed by atoms with E-state index in [0.29, 0.717) is 0 Å². The molecule has 0 aliphatic rings. The molecule has 5 aromatic carbocycles. The van der Waals surface area contributed by atoms with Gasteiger partial charge in [0.2, 0.25) is 0 Å². The maximum absolute atomic E-state index is 6.04. The maximum Gasteiger partial charge on any atom is 0.135 e. The minimum Gasteiger partial charge on any atom is -0.456 e. The number of hydrogen-bond donors (Lipinski definition) is 1. The number of rotatable bonds is 2. The van der Waals surface area contributed by atoms with Gasteiger partial charge in [-0.1, -0.05) is 54.6 Å². The molecule has 2 aromatic heterocycles. The third-order valence-corrected chi connectivity index (χ3v) is 6.51. The average Bonchev–Trinajstić information content (AvgIpc) is 3.39. The van der Waals surface area contributed by atoms with Crippen LogP contribution in [0.3, 0.4) is 0 Å². The van der Waals surface area contributed by atoms with Crippen LogP contribution in [0.4, 0.5) is 5.69 Å². The molecule has 0 radical (unpaired) electrons. The van der Waals surface area contributed by atoms with Crippen LogP contribution in [0.1, 0.15) is 0 Å². The number of benzene rings is 5. The lowest BCUT2D eigenvalue weighted by molar-refractivity contribution is 0.669. The van der Waals surface area contributed by atoms with Crippen LogP contribution in [0.15, 0.2) is 114 Å². The number of nitrogens with two attached hydrogens (primary N) is 1. The van der Waals surface area contributed by atoms with Gasteiger partial charge < -0.3 is 14.7 Å². The number of anilines is 1. The summed E-state index contributed by atoms with van der Waals surface area (Å²) in [6.07, 6.45) is 0. The molecule has 2 heterocycles.